The Hall–Kier alpha value is -2.08. The van der Waals surface area contributed by atoms with Crippen LogP contribution in [0.4, 0.5) is 0 Å². The van der Waals surface area contributed by atoms with Crippen molar-refractivity contribution in [2.45, 2.75) is 31.8 Å². The molecular formula is C17H24N2O4. The summed E-state index contributed by atoms with van der Waals surface area (Å²) in [6, 6.07) is 7.68. The molecule has 0 bridgehead atoms. The van der Waals surface area contributed by atoms with Crippen molar-refractivity contribution in [3.8, 4) is 5.75 Å². The Morgan fingerprint density at radius 2 is 1.96 bits per heavy atom. The molecule has 1 aromatic carbocycles. The van der Waals surface area contributed by atoms with E-state index < -0.39 is 0 Å². The van der Waals surface area contributed by atoms with E-state index in [1.54, 1.807) is 7.11 Å². The van der Waals surface area contributed by atoms with Gasteiger partial charge in [-0.05, 0) is 37.0 Å². The number of ether oxygens (including phenoxy) is 2. The minimum Gasteiger partial charge on any atom is -0.497 e. The van der Waals surface area contributed by atoms with Gasteiger partial charge >= 0.3 is 0 Å². The third-order valence-electron chi connectivity index (χ3n) is 3.77. The molecule has 0 radical (unpaired) electrons. The van der Waals surface area contributed by atoms with Gasteiger partial charge in [0, 0.05) is 19.7 Å². The maximum absolute atomic E-state index is 11.7. The third kappa shape index (κ3) is 6.28. The molecule has 1 fully saturated rings. The fourth-order valence-electron chi connectivity index (χ4n) is 2.44. The van der Waals surface area contributed by atoms with Gasteiger partial charge in [-0.2, -0.15) is 0 Å². The zero-order chi connectivity index (χ0) is 16.5. The summed E-state index contributed by atoms with van der Waals surface area (Å²) < 4.78 is 10.5. The summed E-state index contributed by atoms with van der Waals surface area (Å²) in [5, 5.41) is 5.49. The molecule has 126 valence electrons. The summed E-state index contributed by atoms with van der Waals surface area (Å²) in [4.78, 5) is 23.4. The first-order chi connectivity index (χ1) is 11.2. The van der Waals surface area contributed by atoms with Crippen LogP contribution in [-0.4, -0.2) is 44.7 Å². The SMILES string of the molecule is COc1ccc(CCNC(=O)CC(=O)NCC2CCCO2)cc1. The highest BCUT2D eigenvalue weighted by atomic mass is 16.5. The number of carbonyl (C=O) groups is 2. The molecule has 1 heterocycles. The quantitative estimate of drug-likeness (QED) is 0.702. The van der Waals surface area contributed by atoms with E-state index in [4.69, 9.17) is 9.47 Å². The summed E-state index contributed by atoms with van der Waals surface area (Å²) >= 11 is 0. The minimum atomic E-state index is -0.262. The molecule has 6 heteroatoms. The van der Waals surface area contributed by atoms with E-state index in [9.17, 15) is 9.59 Å². The van der Waals surface area contributed by atoms with Crippen LogP contribution >= 0.6 is 0 Å². The highest BCUT2D eigenvalue weighted by Crippen LogP contribution is 2.11. The molecule has 6 nitrogen and oxygen atoms in total. The van der Waals surface area contributed by atoms with Gasteiger partial charge in [0.25, 0.3) is 0 Å². The van der Waals surface area contributed by atoms with Gasteiger partial charge in [0.05, 0.1) is 13.2 Å². The van der Waals surface area contributed by atoms with Gasteiger partial charge in [-0.1, -0.05) is 12.1 Å². The van der Waals surface area contributed by atoms with Gasteiger partial charge in [0.1, 0.15) is 12.2 Å². The molecule has 1 aliphatic heterocycles. The lowest BCUT2D eigenvalue weighted by atomic mass is 10.1. The van der Waals surface area contributed by atoms with Crippen LogP contribution in [0.5, 0.6) is 5.75 Å². The Bertz CT molecular complexity index is 510. The normalized spacial score (nSPS) is 16.8. The van der Waals surface area contributed by atoms with Crippen molar-refractivity contribution in [2.75, 3.05) is 26.8 Å². The van der Waals surface area contributed by atoms with Gasteiger partial charge in [0.15, 0.2) is 0 Å². The zero-order valence-corrected chi connectivity index (χ0v) is 13.5. The van der Waals surface area contributed by atoms with E-state index in [2.05, 4.69) is 10.6 Å². The van der Waals surface area contributed by atoms with Crippen LogP contribution in [-0.2, 0) is 20.7 Å². The molecule has 0 aromatic heterocycles. The van der Waals surface area contributed by atoms with E-state index in [1.165, 1.54) is 0 Å². The first kappa shape index (κ1) is 17.3. The minimum absolute atomic E-state index is 0.0945. The molecule has 2 N–H and O–H groups in total. The monoisotopic (exact) mass is 320 g/mol. The van der Waals surface area contributed by atoms with Crippen molar-refractivity contribution in [1.29, 1.82) is 0 Å². The van der Waals surface area contributed by atoms with Crippen LogP contribution in [0.25, 0.3) is 0 Å². The van der Waals surface area contributed by atoms with Crippen molar-refractivity contribution < 1.29 is 19.1 Å². The smallest absolute Gasteiger partial charge is 0.229 e. The molecule has 23 heavy (non-hydrogen) atoms. The molecule has 0 aliphatic carbocycles. The van der Waals surface area contributed by atoms with Crippen LogP contribution in [0.2, 0.25) is 0 Å². The van der Waals surface area contributed by atoms with Crippen molar-refractivity contribution >= 4 is 11.8 Å². The van der Waals surface area contributed by atoms with Gasteiger partial charge in [-0.15, -0.1) is 0 Å². The Labute approximate surface area is 136 Å². The number of amides is 2. The summed E-state index contributed by atoms with van der Waals surface area (Å²) in [6.07, 6.45) is 2.67. The predicted molar refractivity (Wildman–Crippen MR) is 86.3 cm³/mol. The molecule has 0 saturated carbocycles. The highest BCUT2D eigenvalue weighted by Gasteiger charge is 2.17. The predicted octanol–water partition coefficient (Wildman–Crippen LogP) is 1.04. The van der Waals surface area contributed by atoms with E-state index in [1.807, 2.05) is 24.3 Å². The molecule has 1 unspecified atom stereocenters. The number of hydrogen-bond acceptors (Lipinski definition) is 4. The van der Waals surface area contributed by atoms with Gasteiger partial charge < -0.3 is 20.1 Å². The molecule has 0 spiro atoms. The average Bonchev–Trinajstić information content (AvgIpc) is 3.07. The van der Waals surface area contributed by atoms with E-state index in [0.29, 0.717) is 19.5 Å². The standard InChI is InChI=1S/C17H24N2O4/c1-22-14-6-4-13(5-7-14)8-9-18-16(20)11-17(21)19-12-15-3-2-10-23-15/h4-7,15H,2-3,8-12H2,1H3,(H,18,20)(H,19,21). The lowest BCUT2D eigenvalue weighted by Gasteiger charge is -2.11. The Morgan fingerprint density at radius 1 is 1.22 bits per heavy atom. The second-order valence-electron chi connectivity index (χ2n) is 5.56. The molecule has 1 aliphatic rings. The molecule has 1 atom stereocenters. The highest BCUT2D eigenvalue weighted by molar-refractivity contribution is 5.96. The number of benzene rings is 1. The van der Waals surface area contributed by atoms with E-state index in [-0.39, 0.29) is 24.3 Å². The molecular weight excluding hydrogens is 296 g/mol. The van der Waals surface area contributed by atoms with Crippen molar-refractivity contribution in [2.24, 2.45) is 0 Å². The van der Waals surface area contributed by atoms with Crippen molar-refractivity contribution in [3.63, 3.8) is 0 Å². The Kier molecular flexibility index (Phi) is 6.87. The summed E-state index contributed by atoms with van der Waals surface area (Å²) in [5.41, 5.74) is 1.11. The van der Waals surface area contributed by atoms with Crippen molar-refractivity contribution in [3.05, 3.63) is 29.8 Å². The fraction of sp³-hybridized carbons (Fsp3) is 0.529. The van der Waals surface area contributed by atoms with Crippen LogP contribution in [0.3, 0.4) is 0 Å². The zero-order valence-electron chi connectivity index (χ0n) is 13.5. The van der Waals surface area contributed by atoms with Crippen LogP contribution in [0.1, 0.15) is 24.8 Å². The second-order valence-corrected chi connectivity index (χ2v) is 5.56. The topological polar surface area (TPSA) is 76.7 Å². The van der Waals surface area contributed by atoms with Crippen LogP contribution in [0, 0.1) is 0 Å². The van der Waals surface area contributed by atoms with Crippen molar-refractivity contribution in [1.82, 2.24) is 10.6 Å². The number of methoxy groups -OCH3 is 1. The lowest BCUT2D eigenvalue weighted by molar-refractivity contribution is -0.129. The molecule has 1 aromatic rings. The van der Waals surface area contributed by atoms with Gasteiger partial charge in [-0.25, -0.2) is 0 Å². The fourth-order valence-corrected chi connectivity index (χ4v) is 2.44. The lowest BCUT2D eigenvalue weighted by Crippen LogP contribution is -2.36. The largest absolute Gasteiger partial charge is 0.497 e. The summed E-state index contributed by atoms with van der Waals surface area (Å²) in [5.74, 6) is 0.284. The second kappa shape index (κ2) is 9.15. The van der Waals surface area contributed by atoms with Crippen LogP contribution < -0.4 is 15.4 Å². The molecule has 1 saturated heterocycles. The van der Waals surface area contributed by atoms with E-state index in [0.717, 1.165) is 30.8 Å². The first-order valence-electron chi connectivity index (χ1n) is 7.95. The van der Waals surface area contributed by atoms with E-state index >= 15 is 0 Å². The maximum atomic E-state index is 11.7. The van der Waals surface area contributed by atoms with Crippen LogP contribution in [0.15, 0.2) is 24.3 Å². The molecule has 2 amide bonds. The Balaban J connectivity index is 1.59. The average molecular weight is 320 g/mol. The van der Waals surface area contributed by atoms with Gasteiger partial charge in [0.2, 0.25) is 11.8 Å². The summed E-state index contributed by atoms with van der Waals surface area (Å²) in [6.45, 7) is 1.74. The Morgan fingerprint density at radius 3 is 2.61 bits per heavy atom. The number of rotatable bonds is 8. The number of hydrogen-bond donors (Lipinski definition) is 2. The third-order valence-corrected chi connectivity index (χ3v) is 3.77. The van der Waals surface area contributed by atoms with Gasteiger partial charge in [-0.3, -0.25) is 9.59 Å². The first-order valence-corrected chi connectivity index (χ1v) is 7.95. The summed E-state index contributed by atoms with van der Waals surface area (Å²) in [7, 11) is 1.62. The number of nitrogens with one attached hydrogen (secondary N) is 2. The maximum Gasteiger partial charge on any atom is 0.229 e. The number of carbonyl (C=O) groups excluding carboxylic acids is 2. The molecule has 2 rings (SSSR count).